The number of halogens is 2. The highest BCUT2D eigenvalue weighted by Crippen LogP contribution is 2.16. The Hall–Kier alpha value is -1.10. The summed E-state index contributed by atoms with van der Waals surface area (Å²) in [5, 5.41) is 3.91. The van der Waals surface area contributed by atoms with Gasteiger partial charge >= 0.3 is 0 Å². The maximum absolute atomic E-state index is 13.3. The van der Waals surface area contributed by atoms with Crippen LogP contribution in [0.15, 0.2) is 23.2 Å². The van der Waals surface area contributed by atoms with Crippen LogP contribution in [-0.4, -0.2) is 17.5 Å². The molecule has 0 spiro atoms. The third kappa shape index (κ3) is 3.43. The molecular formula is C12H14F2N2S. The lowest BCUT2D eigenvalue weighted by molar-refractivity contribution is 0.570. The molecule has 17 heavy (non-hydrogen) atoms. The monoisotopic (exact) mass is 256 g/mol. The molecular weight excluding hydrogens is 242 g/mol. The molecule has 2 nitrogen and oxygen atoms in total. The molecule has 5 heteroatoms. The van der Waals surface area contributed by atoms with Crippen LogP contribution in [-0.2, 0) is 6.54 Å². The van der Waals surface area contributed by atoms with Gasteiger partial charge in [-0.15, -0.1) is 0 Å². The fourth-order valence-corrected chi connectivity index (χ4v) is 2.39. The van der Waals surface area contributed by atoms with E-state index >= 15 is 0 Å². The molecule has 1 heterocycles. The maximum atomic E-state index is 13.3. The number of thioether (sulfide) groups is 1. The first-order valence-corrected chi connectivity index (χ1v) is 6.49. The summed E-state index contributed by atoms with van der Waals surface area (Å²) in [5.74, 6) is 0.544. The van der Waals surface area contributed by atoms with E-state index < -0.39 is 11.6 Å². The quantitative estimate of drug-likeness (QED) is 0.880. The molecule has 1 atom stereocenters. The van der Waals surface area contributed by atoms with Crippen molar-refractivity contribution < 1.29 is 8.78 Å². The van der Waals surface area contributed by atoms with E-state index in [-0.39, 0.29) is 0 Å². The zero-order valence-corrected chi connectivity index (χ0v) is 10.4. The molecule has 2 rings (SSSR count). The first-order chi connectivity index (χ1) is 8.15. The molecule has 0 bridgehead atoms. The van der Waals surface area contributed by atoms with E-state index in [2.05, 4.69) is 17.2 Å². The van der Waals surface area contributed by atoms with Crippen molar-refractivity contribution in [3.05, 3.63) is 35.4 Å². The summed E-state index contributed by atoms with van der Waals surface area (Å²) in [6.07, 6.45) is 0. The molecule has 0 aliphatic carbocycles. The average molecular weight is 256 g/mol. The Bertz CT molecular complexity index is 435. The van der Waals surface area contributed by atoms with Gasteiger partial charge in [0.25, 0.3) is 0 Å². The molecule has 1 N–H and O–H groups in total. The molecule has 0 saturated heterocycles. The molecule has 1 unspecified atom stereocenters. The Kier molecular flexibility index (Phi) is 3.99. The van der Waals surface area contributed by atoms with Gasteiger partial charge in [-0.3, -0.25) is 4.99 Å². The van der Waals surface area contributed by atoms with E-state index in [9.17, 15) is 8.78 Å². The lowest BCUT2D eigenvalue weighted by atomic mass is 10.2. The summed E-state index contributed by atoms with van der Waals surface area (Å²) in [7, 11) is 0. The number of nitrogens with one attached hydrogen (secondary N) is 1. The molecule has 0 saturated carbocycles. The van der Waals surface area contributed by atoms with Gasteiger partial charge in [-0.2, -0.15) is 0 Å². The van der Waals surface area contributed by atoms with Crippen LogP contribution < -0.4 is 5.32 Å². The first-order valence-electron chi connectivity index (χ1n) is 5.50. The van der Waals surface area contributed by atoms with E-state index in [4.69, 9.17) is 0 Å². The van der Waals surface area contributed by atoms with Gasteiger partial charge < -0.3 is 5.32 Å². The standard InChI is InChI=1S/C12H14F2N2S/c1-8-5-15-12(17-7-8)16-6-9-2-3-10(13)4-11(9)14/h2-4,8H,5-7H2,1H3,(H,15,16). The Morgan fingerprint density at radius 3 is 2.94 bits per heavy atom. The summed E-state index contributed by atoms with van der Waals surface area (Å²) in [6.45, 7) is 3.29. The molecule has 1 aliphatic rings. The SMILES string of the molecule is CC1CN=C(NCc2ccc(F)cc2F)SC1. The van der Waals surface area contributed by atoms with Gasteiger partial charge in [0.05, 0.1) is 0 Å². The number of hydrogen-bond donors (Lipinski definition) is 1. The smallest absolute Gasteiger partial charge is 0.156 e. The van der Waals surface area contributed by atoms with Gasteiger partial charge in [-0.05, 0) is 12.0 Å². The minimum Gasteiger partial charge on any atom is -0.361 e. The largest absolute Gasteiger partial charge is 0.361 e. The summed E-state index contributed by atoms with van der Waals surface area (Å²) >= 11 is 1.64. The first kappa shape index (κ1) is 12.4. The van der Waals surface area contributed by atoms with E-state index in [1.807, 2.05) is 0 Å². The predicted octanol–water partition coefficient (Wildman–Crippen LogP) is 2.79. The van der Waals surface area contributed by atoms with E-state index in [1.165, 1.54) is 12.1 Å². The van der Waals surface area contributed by atoms with E-state index in [1.54, 1.807) is 11.8 Å². The fraction of sp³-hybridized carbons (Fsp3) is 0.417. The zero-order valence-electron chi connectivity index (χ0n) is 9.54. The van der Waals surface area contributed by atoms with Crippen LogP contribution in [0.4, 0.5) is 8.78 Å². The number of benzene rings is 1. The lowest BCUT2D eigenvalue weighted by Crippen LogP contribution is -2.26. The molecule has 0 radical (unpaired) electrons. The average Bonchev–Trinajstić information content (AvgIpc) is 2.30. The van der Waals surface area contributed by atoms with Crippen LogP contribution in [0.2, 0.25) is 0 Å². The van der Waals surface area contributed by atoms with Gasteiger partial charge in [0.2, 0.25) is 0 Å². The normalized spacial score (nSPS) is 19.9. The summed E-state index contributed by atoms with van der Waals surface area (Å²) in [4.78, 5) is 4.34. The highest BCUT2D eigenvalue weighted by Gasteiger charge is 2.12. The number of amidine groups is 1. The number of nitrogens with zero attached hydrogens (tertiary/aromatic N) is 1. The number of hydrogen-bond acceptors (Lipinski definition) is 3. The Morgan fingerprint density at radius 2 is 2.29 bits per heavy atom. The van der Waals surface area contributed by atoms with Gasteiger partial charge in [0.15, 0.2) is 5.17 Å². The maximum Gasteiger partial charge on any atom is 0.156 e. The predicted molar refractivity (Wildman–Crippen MR) is 67.1 cm³/mol. The van der Waals surface area contributed by atoms with Gasteiger partial charge in [-0.1, -0.05) is 24.8 Å². The van der Waals surface area contributed by atoms with Gasteiger partial charge in [0, 0.05) is 30.5 Å². The molecule has 0 aromatic heterocycles. The molecule has 0 fully saturated rings. The van der Waals surface area contributed by atoms with E-state index in [0.29, 0.717) is 18.0 Å². The summed E-state index contributed by atoms with van der Waals surface area (Å²) in [5.41, 5.74) is 0.452. The van der Waals surface area contributed by atoms with Gasteiger partial charge in [0.1, 0.15) is 11.6 Å². The zero-order chi connectivity index (χ0) is 12.3. The summed E-state index contributed by atoms with van der Waals surface area (Å²) < 4.78 is 26.0. The van der Waals surface area contributed by atoms with Crippen LogP contribution in [0, 0.1) is 17.6 Å². The van der Waals surface area contributed by atoms with Crippen molar-refractivity contribution >= 4 is 16.9 Å². The molecule has 0 amide bonds. The fourth-order valence-electron chi connectivity index (χ4n) is 1.50. The third-order valence-electron chi connectivity index (χ3n) is 2.50. The van der Waals surface area contributed by atoms with Crippen molar-refractivity contribution in [2.24, 2.45) is 10.9 Å². The van der Waals surface area contributed by atoms with Crippen molar-refractivity contribution in [1.82, 2.24) is 5.32 Å². The van der Waals surface area contributed by atoms with Crippen molar-refractivity contribution in [1.29, 1.82) is 0 Å². The van der Waals surface area contributed by atoms with Crippen LogP contribution in [0.1, 0.15) is 12.5 Å². The van der Waals surface area contributed by atoms with Crippen molar-refractivity contribution in [3.8, 4) is 0 Å². The minimum absolute atomic E-state index is 0.340. The Labute approximate surface area is 104 Å². The molecule has 92 valence electrons. The molecule has 1 aromatic rings. The van der Waals surface area contributed by atoms with Crippen LogP contribution in [0.25, 0.3) is 0 Å². The van der Waals surface area contributed by atoms with Crippen molar-refractivity contribution in [2.75, 3.05) is 12.3 Å². The van der Waals surface area contributed by atoms with Crippen LogP contribution in [0.5, 0.6) is 0 Å². The third-order valence-corrected chi connectivity index (χ3v) is 3.78. The topological polar surface area (TPSA) is 24.4 Å². The second kappa shape index (κ2) is 5.49. The highest BCUT2D eigenvalue weighted by molar-refractivity contribution is 8.13. The van der Waals surface area contributed by atoms with Crippen LogP contribution >= 0.6 is 11.8 Å². The highest BCUT2D eigenvalue weighted by atomic mass is 32.2. The van der Waals surface area contributed by atoms with E-state index in [0.717, 1.165) is 23.5 Å². The van der Waals surface area contributed by atoms with Gasteiger partial charge in [-0.25, -0.2) is 8.78 Å². The number of aliphatic imine (C=N–C) groups is 1. The molecule has 1 aliphatic heterocycles. The number of rotatable bonds is 2. The lowest BCUT2D eigenvalue weighted by Gasteiger charge is -2.17. The molecule has 1 aromatic carbocycles. The van der Waals surface area contributed by atoms with Crippen molar-refractivity contribution in [2.45, 2.75) is 13.5 Å². The second-order valence-corrected chi connectivity index (χ2v) is 5.16. The van der Waals surface area contributed by atoms with Crippen LogP contribution in [0.3, 0.4) is 0 Å². The minimum atomic E-state index is -0.551. The Morgan fingerprint density at radius 1 is 1.47 bits per heavy atom. The van der Waals surface area contributed by atoms with Crippen molar-refractivity contribution in [3.63, 3.8) is 0 Å². The summed E-state index contributed by atoms with van der Waals surface area (Å²) in [6, 6.07) is 3.61. The Balaban J connectivity index is 1.94. The second-order valence-electron chi connectivity index (χ2n) is 4.15.